The molecule has 0 bridgehead atoms. The summed E-state index contributed by atoms with van der Waals surface area (Å²) in [5, 5.41) is 18.3. The summed E-state index contributed by atoms with van der Waals surface area (Å²) >= 11 is 0. The van der Waals surface area contributed by atoms with E-state index in [1.807, 2.05) is 36.1 Å². The van der Waals surface area contributed by atoms with Crippen molar-refractivity contribution in [3.05, 3.63) is 41.2 Å². The van der Waals surface area contributed by atoms with Crippen LogP contribution in [0.4, 0.5) is 0 Å². The van der Waals surface area contributed by atoms with E-state index in [9.17, 15) is 5.11 Å². The minimum absolute atomic E-state index is 0.263. The number of benzene rings is 1. The Morgan fingerprint density at radius 1 is 1.10 bits per heavy atom. The van der Waals surface area contributed by atoms with Gasteiger partial charge in [-0.15, -0.1) is 0 Å². The average molecular weight is 431 g/mol. The first-order valence-corrected chi connectivity index (χ1v) is 11.4. The van der Waals surface area contributed by atoms with Crippen LogP contribution in [0.5, 0.6) is 11.5 Å². The van der Waals surface area contributed by atoms with E-state index >= 15 is 0 Å². The first-order chi connectivity index (χ1) is 15.1. The average Bonchev–Trinajstić information content (AvgIpc) is 3.06. The number of aryl methyl sites for hydroxylation is 1. The minimum Gasteiger partial charge on any atom is -0.493 e. The highest BCUT2D eigenvalue weighted by atomic mass is 16.5. The summed E-state index contributed by atoms with van der Waals surface area (Å²) in [7, 11) is 3.59. The predicted molar refractivity (Wildman–Crippen MR) is 123 cm³/mol. The first kappa shape index (κ1) is 23.6. The molecule has 2 aromatic rings. The molecule has 7 heteroatoms. The van der Waals surface area contributed by atoms with Crippen LogP contribution in [-0.2, 0) is 20.1 Å². The standard InChI is InChI=1S/C24H38N4O3/c1-19-21(16-26-27(19)2)15-25-14-20-9-10-23(30-3)24(13-20)31-18-22(29)17-28-11-7-5-4-6-8-12-28/h9-10,13,16,22,25,29H,4-8,11-12,14-15,17-18H2,1-3H3. The molecule has 3 rings (SSSR count). The van der Waals surface area contributed by atoms with Crippen LogP contribution in [0.25, 0.3) is 0 Å². The molecule has 7 nitrogen and oxygen atoms in total. The maximum atomic E-state index is 10.5. The third-order valence-electron chi connectivity index (χ3n) is 6.06. The summed E-state index contributed by atoms with van der Waals surface area (Å²) in [6.45, 7) is 6.60. The molecule has 1 saturated heterocycles. The van der Waals surface area contributed by atoms with Gasteiger partial charge in [-0.25, -0.2) is 0 Å². The number of nitrogens with zero attached hydrogens (tertiary/aromatic N) is 3. The fourth-order valence-electron chi connectivity index (χ4n) is 4.04. The maximum Gasteiger partial charge on any atom is 0.161 e. The van der Waals surface area contributed by atoms with Crippen LogP contribution in [0.1, 0.15) is 48.9 Å². The third-order valence-corrected chi connectivity index (χ3v) is 6.06. The van der Waals surface area contributed by atoms with E-state index in [0.29, 0.717) is 24.6 Å². The summed E-state index contributed by atoms with van der Waals surface area (Å²) < 4.78 is 13.3. The van der Waals surface area contributed by atoms with Gasteiger partial charge in [-0.1, -0.05) is 25.3 Å². The van der Waals surface area contributed by atoms with Gasteiger partial charge in [0.05, 0.1) is 13.3 Å². The Kier molecular flexibility index (Phi) is 9.18. The molecule has 0 saturated carbocycles. The SMILES string of the molecule is COc1ccc(CNCc2cnn(C)c2C)cc1OCC(O)CN1CCCCCCC1. The largest absolute Gasteiger partial charge is 0.493 e. The van der Waals surface area contributed by atoms with E-state index in [0.717, 1.165) is 25.2 Å². The normalized spacial score (nSPS) is 16.5. The topological polar surface area (TPSA) is 71.8 Å². The van der Waals surface area contributed by atoms with Crippen molar-refractivity contribution >= 4 is 0 Å². The third kappa shape index (κ3) is 7.23. The van der Waals surface area contributed by atoms with Crippen molar-refractivity contribution in [3.63, 3.8) is 0 Å². The van der Waals surface area contributed by atoms with E-state index in [2.05, 4.69) is 22.2 Å². The van der Waals surface area contributed by atoms with E-state index in [4.69, 9.17) is 9.47 Å². The molecule has 1 unspecified atom stereocenters. The number of hydrogen-bond acceptors (Lipinski definition) is 6. The molecule has 1 aromatic carbocycles. The molecule has 0 aliphatic carbocycles. The van der Waals surface area contributed by atoms with Crippen LogP contribution in [-0.4, -0.2) is 59.2 Å². The van der Waals surface area contributed by atoms with Crippen LogP contribution >= 0.6 is 0 Å². The lowest BCUT2D eigenvalue weighted by Crippen LogP contribution is -2.37. The molecule has 1 fully saturated rings. The van der Waals surface area contributed by atoms with Gasteiger partial charge in [0.2, 0.25) is 0 Å². The maximum absolute atomic E-state index is 10.5. The summed E-state index contributed by atoms with van der Waals surface area (Å²) in [5.41, 5.74) is 3.47. The zero-order chi connectivity index (χ0) is 22.1. The first-order valence-electron chi connectivity index (χ1n) is 11.4. The fourth-order valence-corrected chi connectivity index (χ4v) is 4.04. The van der Waals surface area contributed by atoms with Gasteiger partial charge >= 0.3 is 0 Å². The Hall–Kier alpha value is -2.09. The monoisotopic (exact) mass is 430 g/mol. The molecule has 1 aromatic heterocycles. The molecule has 31 heavy (non-hydrogen) atoms. The van der Waals surface area contributed by atoms with Crippen LogP contribution < -0.4 is 14.8 Å². The lowest BCUT2D eigenvalue weighted by molar-refractivity contribution is 0.0644. The number of hydrogen-bond donors (Lipinski definition) is 2. The van der Waals surface area contributed by atoms with Crippen LogP contribution in [0, 0.1) is 6.92 Å². The summed E-state index contributed by atoms with van der Waals surface area (Å²) in [4.78, 5) is 2.37. The smallest absolute Gasteiger partial charge is 0.161 e. The number of nitrogens with one attached hydrogen (secondary N) is 1. The molecule has 172 valence electrons. The molecule has 1 aliphatic heterocycles. The van der Waals surface area contributed by atoms with Crippen molar-refractivity contribution in [2.24, 2.45) is 7.05 Å². The zero-order valence-corrected chi connectivity index (χ0v) is 19.3. The Bertz CT molecular complexity index is 800. The molecule has 0 radical (unpaired) electrons. The number of rotatable bonds is 10. The van der Waals surface area contributed by atoms with Crippen molar-refractivity contribution in [2.75, 3.05) is 33.4 Å². The zero-order valence-electron chi connectivity index (χ0n) is 19.3. The van der Waals surface area contributed by atoms with Crippen molar-refractivity contribution < 1.29 is 14.6 Å². The van der Waals surface area contributed by atoms with Gasteiger partial charge < -0.3 is 24.8 Å². The molecule has 1 aliphatic rings. The Morgan fingerprint density at radius 2 is 1.84 bits per heavy atom. The molecule has 2 heterocycles. The molecular weight excluding hydrogens is 392 g/mol. The van der Waals surface area contributed by atoms with E-state index in [1.54, 1.807) is 7.11 Å². The number of aliphatic hydroxyl groups excluding tert-OH is 1. The van der Waals surface area contributed by atoms with Gasteiger partial charge in [-0.2, -0.15) is 5.10 Å². The number of aromatic nitrogens is 2. The van der Waals surface area contributed by atoms with Gasteiger partial charge in [-0.05, 0) is 50.6 Å². The van der Waals surface area contributed by atoms with E-state index < -0.39 is 6.10 Å². The van der Waals surface area contributed by atoms with Gasteiger partial charge in [0.15, 0.2) is 11.5 Å². The second kappa shape index (κ2) is 12.1. The molecule has 0 amide bonds. The van der Waals surface area contributed by atoms with Gasteiger partial charge in [0.25, 0.3) is 0 Å². The highest BCUT2D eigenvalue weighted by Crippen LogP contribution is 2.28. The molecule has 1 atom stereocenters. The Labute approximate surface area is 186 Å². The number of ether oxygens (including phenoxy) is 2. The lowest BCUT2D eigenvalue weighted by Gasteiger charge is -2.26. The van der Waals surface area contributed by atoms with E-state index in [-0.39, 0.29) is 6.61 Å². The van der Waals surface area contributed by atoms with Gasteiger partial charge in [0, 0.05) is 37.9 Å². The number of β-amino-alcohol motifs (C(OH)–C–C–N with tert-alkyl or cyclic N) is 1. The van der Waals surface area contributed by atoms with Crippen molar-refractivity contribution in [1.29, 1.82) is 0 Å². The fraction of sp³-hybridized carbons (Fsp3) is 0.625. The van der Waals surface area contributed by atoms with Crippen LogP contribution in [0.3, 0.4) is 0 Å². The molecule has 2 N–H and O–H groups in total. The second-order valence-corrected chi connectivity index (χ2v) is 8.50. The highest BCUT2D eigenvalue weighted by Gasteiger charge is 2.15. The van der Waals surface area contributed by atoms with Gasteiger partial charge in [0.1, 0.15) is 12.7 Å². The van der Waals surface area contributed by atoms with Crippen molar-refractivity contribution in [3.8, 4) is 11.5 Å². The van der Waals surface area contributed by atoms with Crippen molar-refractivity contribution in [2.45, 2.75) is 58.2 Å². The number of methoxy groups -OCH3 is 1. The van der Waals surface area contributed by atoms with E-state index in [1.165, 1.54) is 43.4 Å². The summed E-state index contributed by atoms with van der Waals surface area (Å²) in [6.07, 6.45) is 7.75. The summed E-state index contributed by atoms with van der Waals surface area (Å²) in [6, 6.07) is 5.95. The number of likely N-dealkylation sites (tertiary alicyclic amines) is 1. The van der Waals surface area contributed by atoms with Crippen LogP contribution in [0.15, 0.2) is 24.4 Å². The minimum atomic E-state index is -0.514. The quantitative estimate of drug-likeness (QED) is 0.604. The van der Waals surface area contributed by atoms with Gasteiger partial charge in [-0.3, -0.25) is 4.68 Å². The molecule has 0 spiro atoms. The predicted octanol–water partition coefficient (Wildman–Crippen LogP) is 3.03. The van der Waals surface area contributed by atoms with Crippen LogP contribution in [0.2, 0.25) is 0 Å². The lowest BCUT2D eigenvalue weighted by atomic mass is 10.1. The summed E-state index contributed by atoms with van der Waals surface area (Å²) in [5.74, 6) is 1.36. The highest BCUT2D eigenvalue weighted by molar-refractivity contribution is 5.43. The second-order valence-electron chi connectivity index (χ2n) is 8.50. The van der Waals surface area contributed by atoms with Crippen molar-refractivity contribution in [1.82, 2.24) is 20.0 Å². The Morgan fingerprint density at radius 3 is 2.52 bits per heavy atom. The number of aliphatic hydroxyl groups is 1. The Balaban J connectivity index is 1.50. The molecular formula is C24H38N4O3.